The summed E-state index contributed by atoms with van der Waals surface area (Å²) in [5.41, 5.74) is 3.04. The fourth-order valence-corrected chi connectivity index (χ4v) is 4.10. The second kappa shape index (κ2) is 9.85. The van der Waals surface area contributed by atoms with Crippen molar-refractivity contribution in [1.82, 2.24) is 5.32 Å². The Kier molecular flexibility index (Phi) is 7.80. The zero-order chi connectivity index (χ0) is 20.0. The van der Waals surface area contributed by atoms with Crippen LogP contribution in [0.3, 0.4) is 0 Å². The second-order valence-electron chi connectivity index (χ2n) is 6.68. The van der Waals surface area contributed by atoms with Gasteiger partial charge in [0.05, 0.1) is 18.7 Å². The lowest BCUT2D eigenvalue weighted by Gasteiger charge is -2.20. The van der Waals surface area contributed by atoms with Crippen molar-refractivity contribution >= 4 is 39.6 Å². The molecule has 0 bridgehead atoms. The Labute approximate surface area is 171 Å². The summed E-state index contributed by atoms with van der Waals surface area (Å²) in [6.45, 7) is 8.56. The molecule has 1 atom stereocenters. The number of ether oxygens (including phenoxy) is 1. The second-order valence-corrected chi connectivity index (χ2v) is 8.23. The molecule has 0 aliphatic carbocycles. The number of aryl methyl sites for hydroxylation is 1. The van der Waals surface area contributed by atoms with E-state index in [1.807, 2.05) is 6.07 Å². The lowest BCUT2D eigenvalue weighted by molar-refractivity contribution is 0.0602. The van der Waals surface area contributed by atoms with Gasteiger partial charge in [0.2, 0.25) is 0 Å². The zero-order valence-corrected chi connectivity index (χ0v) is 18.2. The third-order valence-electron chi connectivity index (χ3n) is 4.48. The molecule has 1 aromatic heterocycles. The highest BCUT2D eigenvalue weighted by Gasteiger charge is 2.18. The maximum absolute atomic E-state index is 12.0. The van der Waals surface area contributed by atoms with Crippen molar-refractivity contribution in [1.29, 1.82) is 0 Å². The van der Waals surface area contributed by atoms with E-state index < -0.39 is 0 Å². The van der Waals surface area contributed by atoms with Crippen molar-refractivity contribution in [3.63, 3.8) is 0 Å². The van der Waals surface area contributed by atoms with Gasteiger partial charge in [-0.1, -0.05) is 52.0 Å². The molecule has 6 heteroatoms. The van der Waals surface area contributed by atoms with Crippen LogP contribution >= 0.6 is 23.6 Å². The van der Waals surface area contributed by atoms with E-state index in [2.05, 4.69) is 62.6 Å². The highest BCUT2D eigenvalue weighted by molar-refractivity contribution is 7.80. The van der Waals surface area contributed by atoms with Crippen LogP contribution in [0.15, 0.2) is 30.3 Å². The van der Waals surface area contributed by atoms with Crippen molar-refractivity contribution in [3.8, 4) is 0 Å². The van der Waals surface area contributed by atoms with Crippen LogP contribution in [-0.2, 0) is 11.2 Å². The van der Waals surface area contributed by atoms with E-state index in [1.54, 1.807) is 0 Å². The fraction of sp³-hybridized carbons (Fsp3) is 0.429. The number of carbonyl (C=O) groups is 1. The lowest BCUT2D eigenvalue weighted by atomic mass is 9.98. The molecular weight excluding hydrogens is 376 g/mol. The first-order valence-electron chi connectivity index (χ1n) is 9.27. The maximum Gasteiger partial charge on any atom is 0.340 e. The van der Waals surface area contributed by atoms with Gasteiger partial charge in [-0.3, -0.25) is 0 Å². The molecule has 0 spiro atoms. The molecule has 0 aliphatic heterocycles. The van der Waals surface area contributed by atoms with Gasteiger partial charge in [0.1, 0.15) is 5.00 Å². The minimum Gasteiger partial charge on any atom is -0.465 e. The number of hydrogen-bond donors (Lipinski definition) is 2. The monoisotopic (exact) mass is 404 g/mol. The zero-order valence-electron chi connectivity index (χ0n) is 16.6. The quantitative estimate of drug-likeness (QED) is 0.461. The minimum absolute atomic E-state index is 0.110. The SMILES string of the molecule is CCc1cc(C(=O)OC)c(NC(=S)NC(CC)c2ccc(C(C)C)cc2)s1. The van der Waals surface area contributed by atoms with E-state index in [4.69, 9.17) is 17.0 Å². The van der Waals surface area contributed by atoms with Crippen LogP contribution in [0.25, 0.3) is 0 Å². The molecule has 27 heavy (non-hydrogen) atoms. The van der Waals surface area contributed by atoms with Crippen LogP contribution in [0, 0.1) is 0 Å². The van der Waals surface area contributed by atoms with E-state index in [0.29, 0.717) is 16.6 Å². The van der Waals surface area contributed by atoms with Crippen LogP contribution in [0.2, 0.25) is 0 Å². The smallest absolute Gasteiger partial charge is 0.340 e. The number of methoxy groups -OCH3 is 1. The van der Waals surface area contributed by atoms with Gasteiger partial charge in [0.25, 0.3) is 0 Å². The van der Waals surface area contributed by atoms with Crippen molar-refractivity contribution in [3.05, 3.63) is 51.9 Å². The Balaban J connectivity index is 2.11. The first-order chi connectivity index (χ1) is 12.9. The van der Waals surface area contributed by atoms with E-state index in [-0.39, 0.29) is 12.0 Å². The summed E-state index contributed by atoms with van der Waals surface area (Å²) in [6, 6.07) is 10.6. The molecule has 2 rings (SSSR count). The molecule has 2 aromatic rings. The summed E-state index contributed by atoms with van der Waals surface area (Å²) in [4.78, 5) is 13.1. The number of anilines is 1. The average Bonchev–Trinajstić information content (AvgIpc) is 3.08. The molecule has 0 saturated heterocycles. The highest BCUT2D eigenvalue weighted by Crippen LogP contribution is 2.29. The van der Waals surface area contributed by atoms with Crippen LogP contribution in [0.4, 0.5) is 5.00 Å². The number of nitrogens with one attached hydrogen (secondary N) is 2. The van der Waals surface area contributed by atoms with Gasteiger partial charge < -0.3 is 15.4 Å². The molecular formula is C21H28N2O2S2. The molecule has 0 fully saturated rings. The minimum atomic E-state index is -0.354. The first-order valence-corrected chi connectivity index (χ1v) is 10.5. The Morgan fingerprint density at radius 1 is 1.19 bits per heavy atom. The molecule has 0 aliphatic rings. The lowest BCUT2D eigenvalue weighted by Crippen LogP contribution is -2.32. The Bertz CT molecular complexity index is 782. The van der Waals surface area contributed by atoms with Crippen molar-refractivity contribution in [2.45, 2.75) is 52.5 Å². The molecule has 4 nitrogen and oxygen atoms in total. The van der Waals surface area contributed by atoms with Gasteiger partial charge in [-0.05, 0) is 48.2 Å². The molecule has 1 unspecified atom stereocenters. The maximum atomic E-state index is 12.0. The van der Waals surface area contributed by atoms with Crippen molar-refractivity contribution < 1.29 is 9.53 Å². The summed E-state index contributed by atoms with van der Waals surface area (Å²) in [7, 11) is 1.39. The predicted molar refractivity (Wildman–Crippen MR) is 118 cm³/mol. The number of carbonyl (C=O) groups excluding carboxylic acids is 1. The summed E-state index contributed by atoms with van der Waals surface area (Å²) in [5, 5.41) is 7.78. The summed E-state index contributed by atoms with van der Waals surface area (Å²) in [6.07, 6.45) is 1.76. The van der Waals surface area contributed by atoms with Crippen LogP contribution in [0.5, 0.6) is 0 Å². The van der Waals surface area contributed by atoms with E-state index in [0.717, 1.165) is 22.7 Å². The summed E-state index contributed by atoms with van der Waals surface area (Å²) in [5.74, 6) is 0.158. The van der Waals surface area contributed by atoms with Gasteiger partial charge in [0, 0.05) is 4.88 Å². The van der Waals surface area contributed by atoms with Crippen LogP contribution in [-0.4, -0.2) is 18.2 Å². The van der Waals surface area contributed by atoms with Gasteiger partial charge in [-0.25, -0.2) is 4.79 Å². The third-order valence-corrected chi connectivity index (χ3v) is 5.90. The first kappa shape index (κ1) is 21.4. The number of rotatable bonds is 7. The topological polar surface area (TPSA) is 50.4 Å². The predicted octanol–water partition coefficient (Wildman–Crippen LogP) is 5.66. The number of hydrogen-bond acceptors (Lipinski definition) is 4. The molecule has 0 saturated carbocycles. The molecule has 1 heterocycles. The number of thiophene rings is 1. The standard InChI is InChI=1S/C21H28N2O2S2/c1-6-16-12-17(20(24)25-5)19(27-16)23-21(26)22-18(7-2)15-10-8-14(9-11-15)13(3)4/h8-13,18H,6-7H2,1-5H3,(H2,22,23,26). The molecule has 0 amide bonds. The van der Waals surface area contributed by atoms with Crippen LogP contribution in [0.1, 0.15) is 72.4 Å². The summed E-state index contributed by atoms with van der Waals surface area (Å²) < 4.78 is 4.88. The third kappa shape index (κ3) is 5.53. The number of esters is 1. The van der Waals surface area contributed by atoms with Crippen molar-refractivity contribution in [2.75, 3.05) is 12.4 Å². The van der Waals surface area contributed by atoms with Crippen molar-refractivity contribution in [2.24, 2.45) is 0 Å². The van der Waals surface area contributed by atoms with E-state index in [1.165, 1.54) is 29.6 Å². The largest absolute Gasteiger partial charge is 0.465 e. The van der Waals surface area contributed by atoms with E-state index in [9.17, 15) is 4.79 Å². The fourth-order valence-electron chi connectivity index (χ4n) is 2.80. The van der Waals surface area contributed by atoms with Gasteiger partial charge in [-0.2, -0.15) is 0 Å². The van der Waals surface area contributed by atoms with Crippen LogP contribution < -0.4 is 10.6 Å². The summed E-state index contributed by atoms with van der Waals surface area (Å²) >= 11 is 7.03. The normalized spacial score (nSPS) is 11.9. The molecule has 1 aromatic carbocycles. The van der Waals surface area contributed by atoms with Gasteiger partial charge in [-0.15, -0.1) is 11.3 Å². The molecule has 2 N–H and O–H groups in total. The number of benzene rings is 1. The Hall–Kier alpha value is -1.92. The van der Waals surface area contributed by atoms with E-state index >= 15 is 0 Å². The average molecular weight is 405 g/mol. The number of thiocarbonyl (C=S) groups is 1. The molecule has 146 valence electrons. The highest BCUT2D eigenvalue weighted by atomic mass is 32.1. The van der Waals surface area contributed by atoms with Gasteiger partial charge in [0.15, 0.2) is 5.11 Å². The van der Waals surface area contributed by atoms with Gasteiger partial charge >= 0.3 is 5.97 Å². The molecule has 0 radical (unpaired) electrons. The Morgan fingerprint density at radius 2 is 1.81 bits per heavy atom. The Morgan fingerprint density at radius 3 is 2.33 bits per heavy atom.